The van der Waals surface area contributed by atoms with Crippen molar-refractivity contribution < 1.29 is 23.4 Å². The van der Waals surface area contributed by atoms with Gasteiger partial charge in [0.15, 0.2) is 17.4 Å². The standard InChI is InChI=1S/C18H15ClF2N4O3/c19-11-4-15(21)18(23-8-11)28-16-2-1-13(6-14(16)20)25-9-10(7-24-25)3-12(22)5-17(26)27/h1-2,4,6-9,12H,3,5,22H2,(H,26,27). The van der Waals surface area contributed by atoms with E-state index in [0.717, 1.165) is 12.1 Å². The number of rotatable bonds is 7. The first-order valence-electron chi connectivity index (χ1n) is 8.11. The molecule has 28 heavy (non-hydrogen) atoms. The second-order valence-corrected chi connectivity index (χ2v) is 6.45. The molecule has 3 N–H and O–H groups in total. The highest BCUT2D eigenvalue weighted by atomic mass is 35.5. The fraction of sp³-hybridized carbons (Fsp3) is 0.167. The maximum atomic E-state index is 14.4. The third-order valence-electron chi connectivity index (χ3n) is 3.73. The molecule has 146 valence electrons. The van der Waals surface area contributed by atoms with Crippen LogP contribution in [0.5, 0.6) is 11.6 Å². The second kappa shape index (κ2) is 8.32. The summed E-state index contributed by atoms with van der Waals surface area (Å²) in [6.45, 7) is 0. The minimum atomic E-state index is -0.982. The average molecular weight is 409 g/mol. The van der Waals surface area contributed by atoms with Gasteiger partial charge in [-0.25, -0.2) is 18.4 Å². The number of carboxylic acids is 1. The van der Waals surface area contributed by atoms with Gasteiger partial charge in [-0.1, -0.05) is 11.6 Å². The minimum absolute atomic E-state index is 0.0956. The summed E-state index contributed by atoms with van der Waals surface area (Å²) in [6, 6.07) is 4.47. The van der Waals surface area contributed by atoms with Crippen molar-refractivity contribution in [1.82, 2.24) is 14.8 Å². The Morgan fingerprint density at radius 1 is 1.29 bits per heavy atom. The number of hydrogen-bond donors (Lipinski definition) is 2. The van der Waals surface area contributed by atoms with Crippen molar-refractivity contribution in [2.45, 2.75) is 18.9 Å². The van der Waals surface area contributed by atoms with E-state index < -0.39 is 29.5 Å². The molecule has 0 saturated carbocycles. The molecule has 1 aromatic carbocycles. The molecule has 0 aliphatic heterocycles. The number of carbonyl (C=O) groups is 1. The summed E-state index contributed by atoms with van der Waals surface area (Å²) in [5, 5.41) is 13.0. The largest absolute Gasteiger partial charge is 0.481 e. The summed E-state index contributed by atoms with van der Waals surface area (Å²) >= 11 is 5.62. The lowest BCUT2D eigenvalue weighted by molar-refractivity contribution is -0.137. The zero-order valence-corrected chi connectivity index (χ0v) is 15.1. The predicted molar refractivity (Wildman–Crippen MR) is 96.7 cm³/mol. The van der Waals surface area contributed by atoms with E-state index in [1.165, 1.54) is 29.2 Å². The van der Waals surface area contributed by atoms with Crippen molar-refractivity contribution in [3.05, 3.63) is 65.1 Å². The monoisotopic (exact) mass is 408 g/mol. The van der Waals surface area contributed by atoms with Crippen LogP contribution in [-0.2, 0) is 11.2 Å². The van der Waals surface area contributed by atoms with Crippen LogP contribution >= 0.6 is 11.6 Å². The quantitative estimate of drug-likeness (QED) is 0.621. The Balaban J connectivity index is 1.74. The Labute approximate surface area is 163 Å². The van der Waals surface area contributed by atoms with E-state index in [9.17, 15) is 13.6 Å². The molecule has 0 amide bonds. The number of ether oxygens (including phenoxy) is 1. The van der Waals surface area contributed by atoms with Crippen LogP contribution in [0.25, 0.3) is 5.69 Å². The number of aromatic nitrogens is 3. The molecule has 0 bridgehead atoms. The molecule has 0 fully saturated rings. The van der Waals surface area contributed by atoms with Gasteiger partial charge < -0.3 is 15.6 Å². The molecule has 0 aliphatic rings. The van der Waals surface area contributed by atoms with Gasteiger partial charge in [0, 0.05) is 24.5 Å². The third kappa shape index (κ3) is 4.81. The summed E-state index contributed by atoms with van der Waals surface area (Å²) in [5.74, 6) is -3.15. The lowest BCUT2D eigenvalue weighted by atomic mass is 10.1. The maximum absolute atomic E-state index is 14.4. The second-order valence-electron chi connectivity index (χ2n) is 6.01. The Kier molecular flexibility index (Phi) is 5.86. The van der Waals surface area contributed by atoms with Crippen molar-refractivity contribution in [3.63, 3.8) is 0 Å². The number of nitrogens with two attached hydrogens (primary N) is 1. The summed E-state index contributed by atoms with van der Waals surface area (Å²) in [6.07, 6.45) is 4.49. The molecule has 0 aliphatic carbocycles. The number of aliphatic carboxylic acids is 1. The molecular weight excluding hydrogens is 394 g/mol. The summed E-state index contributed by atoms with van der Waals surface area (Å²) in [4.78, 5) is 14.4. The number of nitrogens with zero attached hydrogens (tertiary/aromatic N) is 3. The number of hydrogen-bond acceptors (Lipinski definition) is 5. The van der Waals surface area contributed by atoms with Gasteiger partial charge in [-0.2, -0.15) is 5.10 Å². The molecule has 0 radical (unpaired) electrons. The van der Waals surface area contributed by atoms with Gasteiger partial charge in [0.05, 0.1) is 23.3 Å². The molecular formula is C18H15ClF2N4O3. The van der Waals surface area contributed by atoms with Crippen LogP contribution in [0.4, 0.5) is 8.78 Å². The summed E-state index contributed by atoms with van der Waals surface area (Å²) < 4.78 is 34.7. The van der Waals surface area contributed by atoms with Crippen LogP contribution in [0, 0.1) is 11.6 Å². The SMILES string of the molecule is NC(CC(=O)O)Cc1cnn(-c2ccc(Oc3ncc(Cl)cc3F)c(F)c2)c1. The van der Waals surface area contributed by atoms with Crippen molar-refractivity contribution in [3.8, 4) is 17.3 Å². The number of halogens is 3. The van der Waals surface area contributed by atoms with E-state index >= 15 is 0 Å². The van der Waals surface area contributed by atoms with E-state index in [2.05, 4.69) is 10.1 Å². The maximum Gasteiger partial charge on any atom is 0.304 e. The summed E-state index contributed by atoms with van der Waals surface area (Å²) in [7, 11) is 0. The van der Waals surface area contributed by atoms with Gasteiger partial charge in [-0.05, 0) is 30.2 Å². The Hall–Kier alpha value is -3.04. The smallest absolute Gasteiger partial charge is 0.304 e. The van der Waals surface area contributed by atoms with E-state index in [0.29, 0.717) is 17.7 Å². The summed E-state index contributed by atoms with van der Waals surface area (Å²) in [5.41, 5.74) is 6.86. The van der Waals surface area contributed by atoms with E-state index in [4.69, 9.17) is 27.2 Å². The Morgan fingerprint density at radius 2 is 2.07 bits per heavy atom. The van der Waals surface area contributed by atoms with Crippen LogP contribution in [0.1, 0.15) is 12.0 Å². The van der Waals surface area contributed by atoms with Crippen molar-refractivity contribution >= 4 is 17.6 Å². The molecule has 1 unspecified atom stereocenters. The molecule has 10 heteroatoms. The first kappa shape index (κ1) is 19.7. The van der Waals surface area contributed by atoms with Crippen LogP contribution < -0.4 is 10.5 Å². The molecule has 2 aromatic heterocycles. The van der Waals surface area contributed by atoms with E-state index in [-0.39, 0.29) is 17.2 Å². The average Bonchev–Trinajstić information content (AvgIpc) is 3.06. The van der Waals surface area contributed by atoms with E-state index in [1.807, 2.05) is 0 Å². The zero-order valence-electron chi connectivity index (χ0n) is 14.3. The molecule has 3 aromatic rings. The molecule has 3 rings (SSSR count). The molecule has 7 nitrogen and oxygen atoms in total. The highest BCUT2D eigenvalue weighted by Gasteiger charge is 2.14. The van der Waals surface area contributed by atoms with Gasteiger partial charge in [-0.3, -0.25) is 4.79 Å². The lowest BCUT2D eigenvalue weighted by Crippen LogP contribution is -2.25. The lowest BCUT2D eigenvalue weighted by Gasteiger charge is -2.09. The fourth-order valence-corrected chi connectivity index (χ4v) is 2.65. The van der Waals surface area contributed by atoms with Gasteiger partial charge >= 0.3 is 5.97 Å². The normalized spacial score (nSPS) is 12.0. The Morgan fingerprint density at radius 3 is 2.75 bits per heavy atom. The highest BCUT2D eigenvalue weighted by molar-refractivity contribution is 6.30. The number of pyridine rings is 1. The van der Waals surface area contributed by atoms with Crippen LogP contribution in [-0.4, -0.2) is 31.9 Å². The topological polar surface area (TPSA) is 103 Å². The predicted octanol–water partition coefficient (Wildman–Crippen LogP) is 3.34. The number of carboxylic acid groups (broad SMARTS) is 1. The number of benzene rings is 1. The first-order valence-corrected chi connectivity index (χ1v) is 8.49. The van der Waals surface area contributed by atoms with Crippen molar-refractivity contribution in [2.75, 3.05) is 0 Å². The van der Waals surface area contributed by atoms with Crippen LogP contribution in [0.3, 0.4) is 0 Å². The third-order valence-corrected chi connectivity index (χ3v) is 3.94. The fourth-order valence-electron chi connectivity index (χ4n) is 2.50. The van der Waals surface area contributed by atoms with Crippen molar-refractivity contribution in [1.29, 1.82) is 0 Å². The zero-order chi connectivity index (χ0) is 20.3. The molecule has 0 saturated heterocycles. The van der Waals surface area contributed by atoms with Crippen LogP contribution in [0.2, 0.25) is 5.02 Å². The van der Waals surface area contributed by atoms with E-state index in [1.54, 1.807) is 6.20 Å². The Bertz CT molecular complexity index is 1010. The van der Waals surface area contributed by atoms with Gasteiger partial charge in [-0.15, -0.1) is 0 Å². The van der Waals surface area contributed by atoms with Gasteiger partial charge in [0.25, 0.3) is 5.88 Å². The van der Waals surface area contributed by atoms with Gasteiger partial charge in [0.2, 0.25) is 0 Å². The van der Waals surface area contributed by atoms with Gasteiger partial charge in [0.1, 0.15) is 0 Å². The molecule has 2 heterocycles. The van der Waals surface area contributed by atoms with Crippen LogP contribution in [0.15, 0.2) is 42.9 Å². The minimum Gasteiger partial charge on any atom is -0.481 e. The van der Waals surface area contributed by atoms with Crippen molar-refractivity contribution in [2.24, 2.45) is 5.73 Å². The molecule has 1 atom stereocenters. The highest BCUT2D eigenvalue weighted by Crippen LogP contribution is 2.27. The molecule has 0 spiro atoms. The first-order chi connectivity index (χ1) is 13.3.